The Kier molecular flexibility index (Phi) is 8.80. The van der Waals surface area contributed by atoms with Crippen molar-refractivity contribution in [3.63, 3.8) is 0 Å². The van der Waals surface area contributed by atoms with Crippen molar-refractivity contribution in [1.82, 2.24) is 20.5 Å². The molecule has 0 aliphatic heterocycles. The fraction of sp³-hybridized carbons (Fsp3) is 0.192. The van der Waals surface area contributed by atoms with Crippen LogP contribution in [0.2, 0.25) is 0 Å². The molecule has 2 heterocycles. The van der Waals surface area contributed by atoms with Crippen LogP contribution in [0, 0.1) is 0 Å². The highest BCUT2D eigenvalue weighted by atomic mass is 32.2. The quantitative estimate of drug-likeness (QED) is 0.314. The van der Waals surface area contributed by atoms with Gasteiger partial charge >= 0.3 is 0 Å². The number of pyridine rings is 1. The first-order valence-electron chi connectivity index (χ1n) is 10.4. The summed E-state index contributed by atoms with van der Waals surface area (Å²) in [5.74, 6) is -0.0997. The lowest BCUT2D eigenvalue weighted by atomic mass is 10.2. The van der Waals surface area contributed by atoms with Gasteiger partial charge in [-0.2, -0.15) is 5.10 Å². The van der Waals surface area contributed by atoms with Gasteiger partial charge in [-0.3, -0.25) is 14.9 Å². The second-order valence-corrected chi connectivity index (χ2v) is 8.07. The van der Waals surface area contributed by atoms with E-state index in [0.717, 1.165) is 32.1 Å². The molecule has 2 N–H and O–H groups in total. The van der Waals surface area contributed by atoms with Crippen LogP contribution in [0.3, 0.4) is 0 Å². The van der Waals surface area contributed by atoms with Crippen LogP contribution in [-0.4, -0.2) is 40.8 Å². The van der Waals surface area contributed by atoms with E-state index in [1.54, 1.807) is 18.0 Å². The van der Waals surface area contributed by atoms with Gasteiger partial charge in [0.1, 0.15) is 0 Å². The Morgan fingerprint density at radius 1 is 1.12 bits per heavy atom. The Labute approximate surface area is 198 Å². The smallest absolute Gasteiger partial charge is 0.252 e. The van der Waals surface area contributed by atoms with Gasteiger partial charge in [0.25, 0.3) is 5.91 Å². The lowest BCUT2D eigenvalue weighted by molar-refractivity contribution is 0.0919. The molecule has 4 aromatic rings. The van der Waals surface area contributed by atoms with Gasteiger partial charge in [-0.05, 0) is 61.5 Å². The van der Waals surface area contributed by atoms with E-state index in [-0.39, 0.29) is 13.3 Å². The Balaban J connectivity index is 0.00000306. The molecule has 0 saturated heterocycles. The van der Waals surface area contributed by atoms with Gasteiger partial charge in [0, 0.05) is 34.5 Å². The van der Waals surface area contributed by atoms with Gasteiger partial charge in [0.15, 0.2) is 0 Å². The number of carbonyl (C=O) groups excluding carboxylic acids is 1. The molecule has 0 saturated carbocycles. The summed E-state index contributed by atoms with van der Waals surface area (Å²) < 4.78 is 5.29. The number of benzene rings is 2. The Bertz CT molecular complexity index is 1220. The summed E-state index contributed by atoms with van der Waals surface area (Å²) in [5.41, 5.74) is 3.33. The number of nitrogens with one attached hydrogen (secondary N) is 2. The van der Waals surface area contributed by atoms with Crippen LogP contribution in [0.25, 0.3) is 23.1 Å². The zero-order valence-electron chi connectivity index (χ0n) is 17.7. The molecule has 0 aliphatic rings. The molecule has 0 bridgehead atoms. The number of ether oxygens (including phenoxy) is 1. The second-order valence-electron chi connectivity index (χ2n) is 6.96. The number of aromatic nitrogens is 3. The van der Waals surface area contributed by atoms with Gasteiger partial charge in [0.05, 0.1) is 29.1 Å². The van der Waals surface area contributed by atoms with Crippen molar-refractivity contribution in [3.8, 4) is 0 Å². The molecule has 0 radical (unpaired) electrons. The van der Waals surface area contributed by atoms with E-state index in [4.69, 9.17) is 4.74 Å². The van der Waals surface area contributed by atoms with Gasteiger partial charge < -0.3 is 10.1 Å². The molecule has 7 heteroatoms. The van der Waals surface area contributed by atoms with Crippen LogP contribution < -0.4 is 5.32 Å². The number of aromatic amines is 1. The second kappa shape index (κ2) is 12.0. The van der Waals surface area contributed by atoms with Crippen LogP contribution in [0.5, 0.6) is 0 Å². The van der Waals surface area contributed by atoms with Crippen LogP contribution >= 0.6 is 11.8 Å². The van der Waals surface area contributed by atoms with Gasteiger partial charge in [0.2, 0.25) is 0 Å². The van der Waals surface area contributed by atoms with E-state index in [9.17, 15) is 4.79 Å². The van der Waals surface area contributed by atoms with Crippen molar-refractivity contribution in [2.45, 2.75) is 24.1 Å². The SMILES string of the molecule is C.CCOCCNC(=O)c1ccccc1Sc1ccc2c(/C=C/c3ccccn3)n[nH]c2c1. The number of carbonyl (C=O) groups is 1. The predicted molar refractivity (Wildman–Crippen MR) is 135 cm³/mol. The average Bonchev–Trinajstić information content (AvgIpc) is 3.23. The molecule has 2 aromatic heterocycles. The van der Waals surface area contributed by atoms with E-state index >= 15 is 0 Å². The van der Waals surface area contributed by atoms with Crippen LogP contribution in [0.1, 0.15) is 36.1 Å². The molecule has 6 nitrogen and oxygen atoms in total. The van der Waals surface area contributed by atoms with Crippen molar-refractivity contribution < 1.29 is 9.53 Å². The summed E-state index contributed by atoms with van der Waals surface area (Å²) in [4.78, 5) is 18.8. The largest absolute Gasteiger partial charge is 0.380 e. The zero-order valence-corrected chi connectivity index (χ0v) is 18.6. The summed E-state index contributed by atoms with van der Waals surface area (Å²) in [6, 6.07) is 19.6. The minimum absolute atomic E-state index is 0. The number of nitrogens with zero attached hydrogens (tertiary/aromatic N) is 2. The summed E-state index contributed by atoms with van der Waals surface area (Å²) in [5, 5.41) is 11.5. The van der Waals surface area contributed by atoms with E-state index in [0.29, 0.717) is 25.3 Å². The lowest BCUT2D eigenvalue weighted by Gasteiger charge is -2.10. The summed E-state index contributed by atoms with van der Waals surface area (Å²) in [6.07, 6.45) is 5.66. The summed E-state index contributed by atoms with van der Waals surface area (Å²) >= 11 is 1.55. The molecule has 0 aliphatic carbocycles. The van der Waals surface area contributed by atoms with Gasteiger partial charge in [-0.1, -0.05) is 37.4 Å². The minimum atomic E-state index is -0.0997. The maximum Gasteiger partial charge on any atom is 0.252 e. The van der Waals surface area contributed by atoms with Crippen molar-refractivity contribution in [2.24, 2.45) is 0 Å². The van der Waals surface area contributed by atoms with Crippen molar-refractivity contribution in [3.05, 3.63) is 83.8 Å². The molecule has 170 valence electrons. The molecule has 33 heavy (non-hydrogen) atoms. The maximum absolute atomic E-state index is 12.6. The lowest BCUT2D eigenvalue weighted by Crippen LogP contribution is -2.27. The maximum atomic E-state index is 12.6. The number of hydrogen-bond donors (Lipinski definition) is 2. The number of rotatable bonds is 9. The van der Waals surface area contributed by atoms with Crippen LogP contribution in [-0.2, 0) is 4.74 Å². The van der Waals surface area contributed by atoms with Crippen molar-refractivity contribution >= 4 is 40.7 Å². The van der Waals surface area contributed by atoms with E-state index in [1.165, 1.54) is 0 Å². The fourth-order valence-corrected chi connectivity index (χ4v) is 4.18. The number of amides is 1. The van der Waals surface area contributed by atoms with E-state index in [2.05, 4.69) is 26.6 Å². The zero-order chi connectivity index (χ0) is 22.2. The number of hydrogen-bond acceptors (Lipinski definition) is 5. The van der Waals surface area contributed by atoms with E-state index < -0.39 is 0 Å². The molecule has 4 rings (SSSR count). The third-order valence-corrected chi connectivity index (χ3v) is 5.82. The molecular formula is C26H28N4O2S. The molecular weight excluding hydrogens is 432 g/mol. The fourth-order valence-electron chi connectivity index (χ4n) is 3.20. The molecule has 0 fully saturated rings. The summed E-state index contributed by atoms with van der Waals surface area (Å²) in [6.45, 7) is 3.56. The van der Waals surface area contributed by atoms with Gasteiger partial charge in [-0.25, -0.2) is 0 Å². The van der Waals surface area contributed by atoms with Crippen LogP contribution in [0.4, 0.5) is 0 Å². The molecule has 2 aromatic carbocycles. The van der Waals surface area contributed by atoms with Crippen molar-refractivity contribution in [1.29, 1.82) is 0 Å². The highest BCUT2D eigenvalue weighted by Crippen LogP contribution is 2.32. The average molecular weight is 461 g/mol. The standard InChI is InChI=1S/C25H24N4O2S.CH4/c1-2-31-16-15-27-25(30)21-8-3-4-9-24(21)32-19-11-12-20-22(28-29-23(20)17-19)13-10-18-7-5-6-14-26-18;/h3-14,17H,2,15-16H2,1H3,(H,27,30)(H,28,29);1H4/b13-10+;. The van der Waals surface area contributed by atoms with Crippen molar-refractivity contribution in [2.75, 3.05) is 19.8 Å². The highest BCUT2D eigenvalue weighted by molar-refractivity contribution is 7.99. The van der Waals surface area contributed by atoms with E-state index in [1.807, 2.05) is 73.7 Å². The number of H-pyrrole nitrogens is 1. The monoisotopic (exact) mass is 460 g/mol. The first-order chi connectivity index (χ1) is 15.7. The first kappa shape index (κ1) is 24.2. The molecule has 0 atom stereocenters. The Morgan fingerprint density at radius 2 is 1.97 bits per heavy atom. The third kappa shape index (κ3) is 6.31. The minimum Gasteiger partial charge on any atom is -0.380 e. The summed E-state index contributed by atoms with van der Waals surface area (Å²) in [7, 11) is 0. The third-order valence-electron chi connectivity index (χ3n) is 4.76. The van der Waals surface area contributed by atoms with Gasteiger partial charge in [-0.15, -0.1) is 0 Å². The Morgan fingerprint density at radius 3 is 2.79 bits per heavy atom. The molecule has 0 spiro atoms. The van der Waals surface area contributed by atoms with Crippen LogP contribution in [0.15, 0.2) is 76.7 Å². The first-order valence-corrected chi connectivity index (χ1v) is 11.3. The normalized spacial score (nSPS) is 10.9. The Hall–Kier alpha value is -3.42. The predicted octanol–water partition coefficient (Wildman–Crippen LogP) is 5.68. The topological polar surface area (TPSA) is 79.9 Å². The molecule has 0 unspecified atom stereocenters. The number of fused-ring (bicyclic) bond motifs is 1. The highest BCUT2D eigenvalue weighted by Gasteiger charge is 2.12. The molecule has 1 amide bonds.